The highest BCUT2D eigenvalue weighted by Crippen LogP contribution is 2.33. The molecule has 180 valence electrons. The Morgan fingerprint density at radius 1 is 1.15 bits per heavy atom. The molecule has 0 atom stereocenters. The number of hydrogen-bond acceptors (Lipinski definition) is 6. The minimum Gasteiger partial charge on any atom is -0.484 e. The Morgan fingerprint density at radius 2 is 1.88 bits per heavy atom. The summed E-state index contributed by atoms with van der Waals surface area (Å²) in [6, 6.07) is 14.1. The first-order chi connectivity index (χ1) is 16.2. The number of hydrogen-bond donors (Lipinski definition) is 2. The molecular formula is C25H30N4O4S. The molecule has 8 nitrogen and oxygen atoms in total. The van der Waals surface area contributed by atoms with Crippen molar-refractivity contribution in [3.8, 4) is 17.0 Å². The van der Waals surface area contributed by atoms with E-state index in [4.69, 9.17) is 4.74 Å². The molecule has 2 N–H and O–H groups in total. The second-order valence-corrected chi connectivity index (χ2v) is 9.69. The van der Waals surface area contributed by atoms with E-state index in [1.807, 2.05) is 30.3 Å². The van der Waals surface area contributed by atoms with E-state index >= 15 is 0 Å². The average Bonchev–Trinajstić information content (AvgIpc) is 3.27. The number of rotatable bonds is 10. The smallest absolute Gasteiger partial charge is 0.268 e. The fraction of sp³-hybridized carbons (Fsp3) is 0.240. The summed E-state index contributed by atoms with van der Waals surface area (Å²) < 4.78 is 34.7. The summed E-state index contributed by atoms with van der Waals surface area (Å²) in [6.45, 7) is 4.15. The maximum atomic E-state index is 13.9. The SMILES string of the molecule is C=Cc1ccccc1-c1cc(CNC)cn1S(=O)(=O)c1cc(OCC(=O)NC)cc(N(C)C)c1. The lowest BCUT2D eigenvalue weighted by Gasteiger charge is -2.18. The van der Waals surface area contributed by atoms with Crippen molar-refractivity contribution in [2.24, 2.45) is 0 Å². The number of amides is 1. The zero-order chi connectivity index (χ0) is 24.9. The fourth-order valence-electron chi connectivity index (χ4n) is 3.48. The Hall–Kier alpha value is -3.56. The van der Waals surface area contributed by atoms with Crippen molar-refractivity contribution in [3.05, 3.63) is 72.4 Å². The van der Waals surface area contributed by atoms with Crippen molar-refractivity contribution in [2.75, 3.05) is 39.7 Å². The van der Waals surface area contributed by atoms with Crippen LogP contribution in [0.4, 0.5) is 5.69 Å². The molecule has 0 unspecified atom stereocenters. The van der Waals surface area contributed by atoms with Gasteiger partial charge >= 0.3 is 0 Å². The molecule has 0 radical (unpaired) electrons. The van der Waals surface area contributed by atoms with Gasteiger partial charge in [0.05, 0.1) is 10.6 Å². The van der Waals surface area contributed by atoms with Crippen molar-refractivity contribution in [2.45, 2.75) is 11.4 Å². The average molecular weight is 483 g/mol. The Labute approximate surface area is 200 Å². The molecule has 9 heteroatoms. The van der Waals surface area contributed by atoms with Crippen LogP contribution in [-0.2, 0) is 21.4 Å². The first-order valence-corrected chi connectivity index (χ1v) is 12.1. The van der Waals surface area contributed by atoms with Crippen LogP contribution in [0.2, 0.25) is 0 Å². The summed E-state index contributed by atoms with van der Waals surface area (Å²) in [5.41, 5.74) is 3.56. The van der Waals surface area contributed by atoms with E-state index in [1.54, 1.807) is 50.4 Å². The van der Waals surface area contributed by atoms with Gasteiger partial charge in [-0.3, -0.25) is 4.79 Å². The molecule has 0 spiro atoms. The standard InChI is InChI=1S/C25H30N4O4S/c1-6-19-9-7-8-10-23(19)24-11-18(15-26-2)16-29(24)34(31,32)22-13-20(28(4)5)12-21(14-22)33-17-25(30)27-3/h6-14,16,26H,1,15,17H2,2-5H3,(H,27,30). The van der Waals surface area contributed by atoms with E-state index in [1.165, 1.54) is 17.1 Å². The van der Waals surface area contributed by atoms with Crippen LogP contribution in [0.1, 0.15) is 11.1 Å². The Kier molecular flexibility index (Phi) is 7.80. The molecule has 0 saturated carbocycles. The monoisotopic (exact) mass is 482 g/mol. The Morgan fingerprint density at radius 3 is 2.53 bits per heavy atom. The molecule has 34 heavy (non-hydrogen) atoms. The molecule has 1 aromatic heterocycles. The lowest BCUT2D eigenvalue weighted by Crippen LogP contribution is -2.25. The Balaban J connectivity index is 2.19. The van der Waals surface area contributed by atoms with Crippen molar-refractivity contribution in [1.29, 1.82) is 0 Å². The van der Waals surface area contributed by atoms with Gasteiger partial charge in [-0.05, 0) is 30.3 Å². The van der Waals surface area contributed by atoms with Crippen molar-refractivity contribution in [3.63, 3.8) is 0 Å². The number of carbonyl (C=O) groups excluding carboxylic acids is 1. The summed E-state index contributed by atoms with van der Waals surface area (Å²) in [4.78, 5) is 13.5. The quantitative estimate of drug-likeness (QED) is 0.462. The van der Waals surface area contributed by atoms with E-state index in [0.717, 1.165) is 16.7 Å². The first kappa shape index (κ1) is 25.1. The molecule has 1 amide bonds. The number of nitrogens with zero attached hydrogens (tertiary/aromatic N) is 2. The fourth-order valence-corrected chi connectivity index (χ4v) is 4.93. The van der Waals surface area contributed by atoms with Crippen LogP contribution in [-0.4, -0.2) is 53.1 Å². The number of benzene rings is 2. The summed E-state index contributed by atoms with van der Waals surface area (Å²) in [7, 11) is 2.91. The van der Waals surface area contributed by atoms with Gasteiger partial charge in [-0.1, -0.05) is 36.9 Å². The minimum absolute atomic E-state index is 0.0505. The molecule has 0 aliphatic heterocycles. The van der Waals surface area contributed by atoms with Crippen LogP contribution in [0.3, 0.4) is 0 Å². The van der Waals surface area contributed by atoms with E-state index in [2.05, 4.69) is 17.2 Å². The zero-order valence-corrected chi connectivity index (χ0v) is 20.6. The maximum Gasteiger partial charge on any atom is 0.268 e. The van der Waals surface area contributed by atoms with Gasteiger partial charge < -0.3 is 20.3 Å². The summed E-state index contributed by atoms with van der Waals surface area (Å²) >= 11 is 0. The van der Waals surface area contributed by atoms with Crippen LogP contribution in [0, 0.1) is 0 Å². The van der Waals surface area contributed by atoms with Gasteiger partial charge in [-0.15, -0.1) is 0 Å². The summed E-state index contributed by atoms with van der Waals surface area (Å²) in [6.07, 6.45) is 3.32. The predicted molar refractivity (Wildman–Crippen MR) is 136 cm³/mol. The van der Waals surface area contributed by atoms with Crippen LogP contribution in [0.25, 0.3) is 17.3 Å². The van der Waals surface area contributed by atoms with Crippen molar-refractivity contribution in [1.82, 2.24) is 14.6 Å². The molecular weight excluding hydrogens is 452 g/mol. The topological polar surface area (TPSA) is 92.7 Å². The molecule has 0 aliphatic carbocycles. The van der Waals surface area contributed by atoms with Gasteiger partial charge in [0.15, 0.2) is 6.61 Å². The highest BCUT2D eigenvalue weighted by Gasteiger charge is 2.24. The number of ether oxygens (including phenoxy) is 1. The largest absolute Gasteiger partial charge is 0.484 e. The summed E-state index contributed by atoms with van der Waals surface area (Å²) in [5.74, 6) is -0.0332. The number of nitrogens with one attached hydrogen (secondary N) is 2. The zero-order valence-electron chi connectivity index (χ0n) is 19.8. The molecule has 3 rings (SSSR count). The van der Waals surface area contributed by atoms with E-state index < -0.39 is 10.0 Å². The van der Waals surface area contributed by atoms with Gasteiger partial charge in [-0.25, -0.2) is 12.4 Å². The number of carbonyl (C=O) groups is 1. The lowest BCUT2D eigenvalue weighted by molar-refractivity contribution is -0.122. The third-order valence-corrected chi connectivity index (χ3v) is 6.92. The predicted octanol–water partition coefficient (Wildman–Crippen LogP) is 2.95. The van der Waals surface area contributed by atoms with Crippen LogP contribution < -0.4 is 20.3 Å². The van der Waals surface area contributed by atoms with E-state index in [-0.39, 0.29) is 23.2 Å². The molecule has 2 aromatic carbocycles. The normalized spacial score (nSPS) is 11.2. The summed E-state index contributed by atoms with van der Waals surface area (Å²) in [5, 5.41) is 5.55. The van der Waals surface area contributed by atoms with Gasteiger partial charge in [-0.2, -0.15) is 0 Å². The highest BCUT2D eigenvalue weighted by atomic mass is 32.2. The highest BCUT2D eigenvalue weighted by molar-refractivity contribution is 7.90. The third-order valence-electron chi connectivity index (χ3n) is 5.27. The van der Waals surface area contributed by atoms with Gasteiger partial charge in [0.25, 0.3) is 15.9 Å². The number of anilines is 1. The number of likely N-dealkylation sites (N-methyl/N-ethyl adjacent to an activating group) is 1. The van der Waals surface area contributed by atoms with Crippen molar-refractivity contribution < 1.29 is 17.9 Å². The molecule has 1 heterocycles. The second kappa shape index (κ2) is 10.6. The molecule has 0 bridgehead atoms. The molecule has 0 aliphatic rings. The molecule has 0 fully saturated rings. The maximum absolute atomic E-state index is 13.9. The number of aromatic nitrogens is 1. The lowest BCUT2D eigenvalue weighted by atomic mass is 10.0. The van der Waals surface area contributed by atoms with Crippen LogP contribution in [0.15, 0.2) is 66.2 Å². The molecule has 0 saturated heterocycles. The van der Waals surface area contributed by atoms with Crippen LogP contribution in [0.5, 0.6) is 5.75 Å². The van der Waals surface area contributed by atoms with Gasteiger partial charge in [0, 0.05) is 57.3 Å². The van der Waals surface area contributed by atoms with Crippen LogP contribution >= 0.6 is 0 Å². The van der Waals surface area contributed by atoms with Gasteiger partial charge in [0.1, 0.15) is 5.75 Å². The van der Waals surface area contributed by atoms with E-state index in [9.17, 15) is 13.2 Å². The minimum atomic E-state index is -4.02. The molecule has 3 aromatic rings. The van der Waals surface area contributed by atoms with E-state index in [0.29, 0.717) is 17.9 Å². The third kappa shape index (κ3) is 5.32. The Bertz CT molecular complexity index is 1300. The van der Waals surface area contributed by atoms with Gasteiger partial charge in [0.2, 0.25) is 0 Å². The first-order valence-electron chi connectivity index (χ1n) is 10.7. The van der Waals surface area contributed by atoms with Crippen molar-refractivity contribution >= 4 is 27.7 Å². The second-order valence-electron chi connectivity index (χ2n) is 7.88.